The molecule has 0 radical (unpaired) electrons. The Labute approximate surface area is 169 Å². The maximum absolute atomic E-state index is 8.86. The van der Waals surface area contributed by atoms with Crippen LogP contribution in [0, 0.1) is 0 Å². The number of fused-ring (bicyclic) bond motifs is 1. The van der Waals surface area contributed by atoms with Crippen molar-refractivity contribution in [1.29, 1.82) is 0 Å². The fourth-order valence-corrected chi connectivity index (χ4v) is 3.18. The first-order chi connectivity index (χ1) is 14.3. The van der Waals surface area contributed by atoms with E-state index in [-0.39, 0.29) is 12.7 Å². The van der Waals surface area contributed by atoms with Crippen molar-refractivity contribution in [2.45, 2.75) is 12.5 Å². The van der Waals surface area contributed by atoms with Crippen LogP contribution in [0.3, 0.4) is 0 Å². The second kappa shape index (κ2) is 9.60. The largest absolute Gasteiger partial charge is 0.494 e. The molecule has 3 aromatic rings. The minimum absolute atomic E-state index is 0.0938. The predicted octanol–water partition coefficient (Wildman–Crippen LogP) is 1.85. The van der Waals surface area contributed by atoms with Crippen LogP contribution in [0.15, 0.2) is 42.7 Å². The van der Waals surface area contributed by atoms with Crippen LogP contribution in [-0.4, -0.2) is 65.6 Å². The fourth-order valence-electron chi connectivity index (χ4n) is 3.18. The lowest BCUT2D eigenvalue weighted by Crippen LogP contribution is -2.42. The Morgan fingerprint density at radius 1 is 1.21 bits per heavy atom. The minimum atomic E-state index is 0.0938. The molecule has 0 bridgehead atoms. The van der Waals surface area contributed by atoms with Crippen LogP contribution < -0.4 is 15.4 Å². The summed E-state index contributed by atoms with van der Waals surface area (Å²) in [6, 6.07) is 9.69. The summed E-state index contributed by atoms with van der Waals surface area (Å²) >= 11 is 0. The van der Waals surface area contributed by atoms with Crippen molar-refractivity contribution in [3.63, 3.8) is 0 Å². The van der Waals surface area contributed by atoms with Crippen molar-refractivity contribution in [2.75, 3.05) is 44.8 Å². The van der Waals surface area contributed by atoms with Gasteiger partial charge in [-0.15, -0.1) is 0 Å². The maximum atomic E-state index is 8.86. The molecule has 2 aromatic heterocycles. The average Bonchev–Trinajstić information content (AvgIpc) is 2.78. The van der Waals surface area contributed by atoms with Crippen molar-refractivity contribution in [3.05, 3.63) is 42.7 Å². The number of anilines is 1. The summed E-state index contributed by atoms with van der Waals surface area (Å²) in [6.07, 6.45) is 4.06. The zero-order valence-corrected chi connectivity index (χ0v) is 16.2. The van der Waals surface area contributed by atoms with Crippen molar-refractivity contribution in [1.82, 2.24) is 20.3 Å². The molecule has 1 aromatic carbocycles. The molecule has 3 N–H and O–H groups in total. The molecule has 1 aliphatic heterocycles. The highest BCUT2D eigenvalue weighted by molar-refractivity contribution is 5.88. The van der Waals surface area contributed by atoms with Gasteiger partial charge in [-0.3, -0.25) is 4.98 Å². The van der Waals surface area contributed by atoms with Crippen LogP contribution in [0.2, 0.25) is 0 Å². The van der Waals surface area contributed by atoms with Crippen LogP contribution in [0.25, 0.3) is 22.3 Å². The van der Waals surface area contributed by atoms with Crippen LogP contribution in [-0.2, 0) is 4.74 Å². The molecule has 0 amide bonds. The second-order valence-corrected chi connectivity index (χ2v) is 6.81. The van der Waals surface area contributed by atoms with Gasteiger partial charge in [-0.05, 0) is 30.3 Å². The molecule has 0 spiro atoms. The maximum Gasteiger partial charge on any atom is 0.154 e. The summed E-state index contributed by atoms with van der Waals surface area (Å²) in [5.74, 6) is 1.46. The summed E-state index contributed by atoms with van der Waals surface area (Å²) in [4.78, 5) is 13.7. The fraction of sp³-hybridized carbons (Fsp3) is 0.381. The minimum Gasteiger partial charge on any atom is -0.494 e. The number of rotatable bonds is 8. The van der Waals surface area contributed by atoms with Gasteiger partial charge in [-0.1, -0.05) is 0 Å². The van der Waals surface area contributed by atoms with E-state index in [1.54, 1.807) is 12.4 Å². The molecule has 1 unspecified atom stereocenters. The van der Waals surface area contributed by atoms with Crippen molar-refractivity contribution >= 4 is 16.9 Å². The van der Waals surface area contributed by atoms with Crippen LogP contribution in [0.1, 0.15) is 6.42 Å². The van der Waals surface area contributed by atoms with E-state index in [9.17, 15) is 0 Å². The van der Waals surface area contributed by atoms with E-state index in [4.69, 9.17) is 19.6 Å². The van der Waals surface area contributed by atoms with Crippen LogP contribution in [0.4, 0.5) is 5.82 Å². The second-order valence-electron chi connectivity index (χ2n) is 6.81. The SMILES string of the molecule is OCCCOc1ccc(-c2cc3nccnc3c(NCC3CNCCO3)n2)cc1. The summed E-state index contributed by atoms with van der Waals surface area (Å²) in [5.41, 5.74) is 3.30. The number of hydrogen-bond donors (Lipinski definition) is 3. The molecule has 1 aliphatic rings. The standard InChI is InChI=1S/C21H25N5O3/c27-9-1-10-28-16-4-2-15(3-5-16)18-12-19-20(24-7-6-23-19)21(26-18)25-14-17-13-22-8-11-29-17/h2-7,12,17,22,27H,1,8-11,13-14H2,(H,25,26). The quantitative estimate of drug-likeness (QED) is 0.497. The van der Waals surface area contributed by atoms with Crippen molar-refractivity contribution < 1.29 is 14.6 Å². The number of aromatic nitrogens is 3. The number of aliphatic hydroxyl groups excluding tert-OH is 1. The van der Waals surface area contributed by atoms with E-state index in [0.29, 0.717) is 32.0 Å². The third-order valence-electron chi connectivity index (χ3n) is 4.68. The lowest BCUT2D eigenvalue weighted by molar-refractivity contribution is 0.0372. The average molecular weight is 395 g/mol. The van der Waals surface area contributed by atoms with Gasteiger partial charge in [0.2, 0.25) is 0 Å². The number of aliphatic hydroxyl groups is 1. The number of hydrogen-bond acceptors (Lipinski definition) is 8. The molecule has 0 aliphatic carbocycles. The van der Waals surface area contributed by atoms with Gasteiger partial charge < -0.3 is 25.2 Å². The molecule has 29 heavy (non-hydrogen) atoms. The first kappa shape index (κ1) is 19.5. The Morgan fingerprint density at radius 2 is 2.07 bits per heavy atom. The zero-order valence-electron chi connectivity index (χ0n) is 16.2. The van der Waals surface area contributed by atoms with Gasteiger partial charge in [0, 0.05) is 50.6 Å². The molecule has 1 atom stereocenters. The molecule has 8 nitrogen and oxygen atoms in total. The summed E-state index contributed by atoms with van der Waals surface area (Å²) < 4.78 is 11.4. The number of benzene rings is 1. The third-order valence-corrected chi connectivity index (χ3v) is 4.68. The summed E-state index contributed by atoms with van der Waals surface area (Å²) in [5, 5.41) is 15.6. The lowest BCUT2D eigenvalue weighted by atomic mass is 10.1. The van der Waals surface area contributed by atoms with E-state index in [1.807, 2.05) is 30.3 Å². The van der Waals surface area contributed by atoms with Gasteiger partial charge in [0.15, 0.2) is 5.82 Å². The Morgan fingerprint density at radius 3 is 2.86 bits per heavy atom. The molecule has 1 fully saturated rings. The summed E-state index contributed by atoms with van der Waals surface area (Å²) in [6.45, 7) is 3.68. The predicted molar refractivity (Wildman–Crippen MR) is 111 cm³/mol. The molecular formula is C21H25N5O3. The van der Waals surface area contributed by atoms with E-state index >= 15 is 0 Å². The van der Waals surface area contributed by atoms with Gasteiger partial charge in [-0.2, -0.15) is 0 Å². The van der Waals surface area contributed by atoms with E-state index in [0.717, 1.165) is 41.1 Å². The normalized spacial score (nSPS) is 16.7. The first-order valence-corrected chi connectivity index (χ1v) is 9.85. The highest BCUT2D eigenvalue weighted by Gasteiger charge is 2.15. The highest BCUT2D eigenvalue weighted by atomic mass is 16.5. The number of pyridine rings is 1. The van der Waals surface area contributed by atoms with E-state index in [1.165, 1.54) is 0 Å². The lowest BCUT2D eigenvalue weighted by Gasteiger charge is -2.24. The number of nitrogens with zero attached hydrogens (tertiary/aromatic N) is 3. The molecule has 152 valence electrons. The number of nitrogens with one attached hydrogen (secondary N) is 2. The molecule has 3 heterocycles. The van der Waals surface area contributed by atoms with Gasteiger partial charge in [0.05, 0.1) is 30.5 Å². The van der Waals surface area contributed by atoms with Crippen molar-refractivity contribution in [2.24, 2.45) is 0 Å². The van der Waals surface area contributed by atoms with Gasteiger partial charge in [0.25, 0.3) is 0 Å². The summed E-state index contributed by atoms with van der Waals surface area (Å²) in [7, 11) is 0. The van der Waals surface area contributed by atoms with E-state index < -0.39 is 0 Å². The Kier molecular flexibility index (Phi) is 6.45. The van der Waals surface area contributed by atoms with Crippen molar-refractivity contribution in [3.8, 4) is 17.0 Å². The monoisotopic (exact) mass is 395 g/mol. The third kappa shape index (κ3) is 4.97. The van der Waals surface area contributed by atoms with Crippen LogP contribution >= 0.6 is 0 Å². The smallest absolute Gasteiger partial charge is 0.154 e. The first-order valence-electron chi connectivity index (χ1n) is 9.85. The van der Waals surface area contributed by atoms with Crippen LogP contribution in [0.5, 0.6) is 5.75 Å². The molecule has 4 rings (SSSR count). The molecule has 0 saturated carbocycles. The molecular weight excluding hydrogens is 370 g/mol. The Balaban J connectivity index is 1.56. The Hall–Kier alpha value is -2.81. The number of ether oxygens (including phenoxy) is 2. The molecule has 1 saturated heterocycles. The van der Waals surface area contributed by atoms with E-state index in [2.05, 4.69) is 20.6 Å². The van der Waals surface area contributed by atoms with Gasteiger partial charge >= 0.3 is 0 Å². The van der Waals surface area contributed by atoms with Gasteiger partial charge in [0.1, 0.15) is 11.3 Å². The molecule has 8 heteroatoms. The topological polar surface area (TPSA) is 101 Å². The zero-order chi connectivity index (χ0) is 19.9. The Bertz CT molecular complexity index is 929. The highest BCUT2D eigenvalue weighted by Crippen LogP contribution is 2.27. The number of morpholine rings is 1. The van der Waals surface area contributed by atoms with Gasteiger partial charge in [-0.25, -0.2) is 9.97 Å².